The van der Waals surface area contributed by atoms with Crippen LogP contribution in [0, 0.1) is 6.92 Å². The molecule has 126 valence electrons. The van der Waals surface area contributed by atoms with E-state index in [1.807, 2.05) is 13.8 Å². The van der Waals surface area contributed by atoms with Crippen molar-refractivity contribution >= 4 is 5.97 Å². The molecule has 0 saturated carbocycles. The van der Waals surface area contributed by atoms with Gasteiger partial charge in [-0.3, -0.25) is 4.57 Å². The number of nitrogens with zero attached hydrogens (tertiary/aromatic N) is 2. The van der Waals surface area contributed by atoms with Crippen LogP contribution in [0.1, 0.15) is 29.8 Å². The summed E-state index contributed by atoms with van der Waals surface area (Å²) in [6.07, 6.45) is -2.95. The molecule has 0 aliphatic rings. The number of aromatic nitrogens is 2. The molecule has 0 spiro atoms. The van der Waals surface area contributed by atoms with Crippen LogP contribution in [0.5, 0.6) is 0 Å². The topological polar surface area (TPSA) is 44.1 Å². The van der Waals surface area contributed by atoms with Crippen molar-refractivity contribution in [1.82, 2.24) is 9.55 Å². The third kappa shape index (κ3) is 3.88. The van der Waals surface area contributed by atoms with Crippen LogP contribution in [0.4, 0.5) is 17.6 Å². The van der Waals surface area contributed by atoms with Crippen LogP contribution >= 0.6 is 0 Å². The van der Waals surface area contributed by atoms with Crippen LogP contribution in [0.3, 0.4) is 0 Å². The first-order chi connectivity index (χ1) is 10.8. The lowest BCUT2D eigenvalue weighted by molar-refractivity contribution is -0.358. The highest BCUT2D eigenvalue weighted by Crippen LogP contribution is 2.39. The summed E-state index contributed by atoms with van der Waals surface area (Å²) in [5.74, 6) is -1.53. The number of ether oxygens (including phenoxy) is 1. The minimum absolute atomic E-state index is 0.127. The van der Waals surface area contributed by atoms with E-state index in [1.165, 1.54) is 25.1 Å². The minimum atomic E-state index is -5.02. The summed E-state index contributed by atoms with van der Waals surface area (Å²) in [5, 5.41) is 0. The first kappa shape index (κ1) is 18.7. The quantitative estimate of drug-likeness (QED) is 0.622. The Labute approximate surface area is 130 Å². The summed E-state index contributed by atoms with van der Waals surface area (Å²) < 4.78 is 58.1. The molecule has 2 aromatic rings. The fourth-order valence-corrected chi connectivity index (χ4v) is 1.61. The molecule has 0 aliphatic heterocycles. The van der Waals surface area contributed by atoms with Crippen molar-refractivity contribution < 1.29 is 27.1 Å². The van der Waals surface area contributed by atoms with Crippen molar-refractivity contribution in [3.8, 4) is 0 Å². The molecule has 0 bridgehead atoms. The van der Waals surface area contributed by atoms with Crippen LogP contribution in [-0.2, 0) is 10.8 Å². The van der Waals surface area contributed by atoms with E-state index in [1.54, 1.807) is 6.07 Å². The predicted molar refractivity (Wildman–Crippen MR) is 75.3 cm³/mol. The van der Waals surface area contributed by atoms with Gasteiger partial charge in [0.2, 0.25) is 0 Å². The predicted octanol–water partition coefficient (Wildman–Crippen LogP) is 4.22. The number of hydrogen-bond donors (Lipinski definition) is 0. The SMILES string of the molecule is CC.Cc1ccccc1C(=O)OC(F)(F)C(F)(F)n1ccnc1. The van der Waals surface area contributed by atoms with E-state index in [2.05, 4.69) is 9.72 Å². The van der Waals surface area contributed by atoms with Crippen LogP contribution in [0.25, 0.3) is 0 Å². The molecule has 1 heterocycles. The van der Waals surface area contributed by atoms with Crippen molar-refractivity contribution in [2.24, 2.45) is 0 Å². The molecule has 8 heteroatoms. The van der Waals surface area contributed by atoms with Gasteiger partial charge < -0.3 is 4.74 Å². The van der Waals surface area contributed by atoms with Gasteiger partial charge in [0.25, 0.3) is 0 Å². The number of hydrogen-bond acceptors (Lipinski definition) is 3. The molecule has 0 amide bonds. The number of carbonyl (C=O) groups excluding carboxylic acids is 1. The van der Waals surface area contributed by atoms with Gasteiger partial charge in [0.15, 0.2) is 0 Å². The van der Waals surface area contributed by atoms with Crippen LogP contribution in [0.2, 0.25) is 0 Å². The second-order valence-corrected chi connectivity index (χ2v) is 4.23. The Bertz CT molecular complexity index is 643. The Morgan fingerprint density at radius 2 is 1.78 bits per heavy atom. The maximum absolute atomic E-state index is 13.6. The second-order valence-electron chi connectivity index (χ2n) is 4.23. The van der Waals surface area contributed by atoms with Crippen molar-refractivity contribution in [1.29, 1.82) is 0 Å². The Hall–Kier alpha value is -2.38. The third-order valence-electron chi connectivity index (χ3n) is 2.76. The van der Waals surface area contributed by atoms with E-state index in [0.29, 0.717) is 18.1 Å². The standard InChI is InChI=1S/C13H10F4N2O2.C2H6/c1-9-4-2-3-5-10(9)11(20)21-13(16,17)12(14,15)19-7-6-18-8-19;1-2/h2-8H,1H3;1-2H3. The van der Waals surface area contributed by atoms with Crippen molar-refractivity contribution in [3.05, 3.63) is 54.1 Å². The zero-order chi connectivity index (χ0) is 17.7. The zero-order valence-electron chi connectivity index (χ0n) is 12.8. The molecule has 1 aromatic carbocycles. The molecule has 0 radical (unpaired) electrons. The number of benzene rings is 1. The molecule has 23 heavy (non-hydrogen) atoms. The number of aryl methyl sites for hydroxylation is 1. The first-order valence-electron chi connectivity index (χ1n) is 6.79. The molecule has 2 rings (SSSR count). The normalized spacial score (nSPS) is 11.4. The lowest BCUT2D eigenvalue weighted by atomic mass is 10.1. The Kier molecular flexibility index (Phi) is 5.89. The van der Waals surface area contributed by atoms with Crippen LogP contribution in [0.15, 0.2) is 43.0 Å². The van der Waals surface area contributed by atoms with Gasteiger partial charge in [0.1, 0.15) is 0 Å². The molecule has 0 fully saturated rings. The van der Waals surface area contributed by atoms with E-state index >= 15 is 0 Å². The third-order valence-corrected chi connectivity index (χ3v) is 2.76. The van der Waals surface area contributed by atoms with Gasteiger partial charge in [-0.1, -0.05) is 32.0 Å². The minimum Gasteiger partial charge on any atom is -0.391 e. The number of halogens is 4. The highest BCUT2D eigenvalue weighted by molar-refractivity contribution is 5.91. The van der Waals surface area contributed by atoms with Gasteiger partial charge in [-0.25, -0.2) is 9.78 Å². The summed E-state index contributed by atoms with van der Waals surface area (Å²) in [4.78, 5) is 14.9. The van der Waals surface area contributed by atoms with Crippen molar-refractivity contribution in [2.45, 2.75) is 32.9 Å². The van der Waals surface area contributed by atoms with Crippen molar-refractivity contribution in [3.63, 3.8) is 0 Å². The maximum Gasteiger partial charge on any atom is 0.489 e. The Morgan fingerprint density at radius 3 is 2.30 bits per heavy atom. The molecule has 0 saturated heterocycles. The molecule has 4 nitrogen and oxygen atoms in total. The number of imidazole rings is 1. The van der Waals surface area contributed by atoms with E-state index in [0.717, 1.165) is 6.20 Å². The largest absolute Gasteiger partial charge is 0.489 e. The van der Waals surface area contributed by atoms with E-state index in [4.69, 9.17) is 0 Å². The molecular formula is C15H16F4N2O2. The highest BCUT2D eigenvalue weighted by Gasteiger charge is 2.62. The number of alkyl halides is 4. The fraction of sp³-hybridized carbons (Fsp3) is 0.333. The summed E-state index contributed by atoms with van der Waals surface area (Å²) in [7, 11) is 0. The molecule has 0 N–H and O–H groups in total. The second kappa shape index (κ2) is 7.26. The Morgan fingerprint density at radius 1 is 1.17 bits per heavy atom. The van der Waals surface area contributed by atoms with Gasteiger partial charge in [-0.05, 0) is 18.6 Å². The monoisotopic (exact) mass is 332 g/mol. The van der Waals surface area contributed by atoms with Crippen LogP contribution in [-0.4, -0.2) is 21.6 Å². The van der Waals surface area contributed by atoms with Gasteiger partial charge in [0, 0.05) is 12.4 Å². The molecule has 0 unspecified atom stereocenters. The molecular weight excluding hydrogens is 316 g/mol. The number of carbonyl (C=O) groups is 1. The molecule has 1 aromatic heterocycles. The lowest BCUT2D eigenvalue weighted by Crippen LogP contribution is -2.45. The Balaban J connectivity index is 0.00000127. The average Bonchev–Trinajstić information content (AvgIpc) is 3.04. The number of esters is 1. The van der Waals surface area contributed by atoms with Gasteiger partial charge in [-0.2, -0.15) is 17.6 Å². The summed E-state index contributed by atoms with van der Waals surface area (Å²) in [6.45, 7) is 5.47. The highest BCUT2D eigenvalue weighted by atomic mass is 19.3. The van der Waals surface area contributed by atoms with E-state index in [9.17, 15) is 22.4 Å². The number of rotatable bonds is 4. The lowest BCUT2D eigenvalue weighted by Gasteiger charge is -2.26. The zero-order valence-corrected chi connectivity index (χ0v) is 12.8. The fourth-order valence-electron chi connectivity index (χ4n) is 1.61. The molecule has 0 aliphatic carbocycles. The summed E-state index contributed by atoms with van der Waals surface area (Å²) in [6, 6.07) is 0.924. The first-order valence-corrected chi connectivity index (χ1v) is 6.79. The summed E-state index contributed by atoms with van der Waals surface area (Å²) in [5.41, 5.74) is 0.128. The van der Waals surface area contributed by atoms with Gasteiger partial charge in [-0.15, -0.1) is 0 Å². The summed E-state index contributed by atoms with van der Waals surface area (Å²) >= 11 is 0. The van der Waals surface area contributed by atoms with E-state index in [-0.39, 0.29) is 10.1 Å². The van der Waals surface area contributed by atoms with Gasteiger partial charge >= 0.3 is 18.1 Å². The average molecular weight is 332 g/mol. The smallest absolute Gasteiger partial charge is 0.391 e. The van der Waals surface area contributed by atoms with Gasteiger partial charge in [0.05, 0.1) is 11.9 Å². The van der Waals surface area contributed by atoms with E-state index < -0.39 is 18.1 Å². The molecule has 0 atom stereocenters. The van der Waals surface area contributed by atoms with Crippen LogP contribution < -0.4 is 0 Å². The van der Waals surface area contributed by atoms with Crippen molar-refractivity contribution in [2.75, 3.05) is 0 Å². The maximum atomic E-state index is 13.6.